The Morgan fingerprint density at radius 3 is 2.38 bits per heavy atom. The van der Waals surface area contributed by atoms with Gasteiger partial charge in [0.2, 0.25) is 0 Å². The standard InChI is InChI=1S/C15H17F3N4O2S2/c1-19-14(15(16,17)18)10-25-11-20-6-8-21(9-7-20)26-13-4-2-12(3-5-13)22(23)24/h2-5,10H,1,6-9,11H2/b14-10-. The Labute approximate surface area is 157 Å². The molecule has 0 aromatic heterocycles. The van der Waals surface area contributed by atoms with Crippen LogP contribution in [0, 0.1) is 10.1 Å². The molecule has 0 spiro atoms. The van der Waals surface area contributed by atoms with Crippen molar-refractivity contribution in [3.05, 3.63) is 45.5 Å². The summed E-state index contributed by atoms with van der Waals surface area (Å²) in [6.45, 7) is 5.89. The Morgan fingerprint density at radius 1 is 1.27 bits per heavy atom. The van der Waals surface area contributed by atoms with Gasteiger partial charge >= 0.3 is 6.18 Å². The number of nitrogens with zero attached hydrogens (tertiary/aromatic N) is 4. The number of alkyl halides is 3. The van der Waals surface area contributed by atoms with Crippen molar-refractivity contribution < 1.29 is 18.1 Å². The molecule has 0 unspecified atom stereocenters. The zero-order valence-electron chi connectivity index (χ0n) is 13.7. The van der Waals surface area contributed by atoms with E-state index in [1.54, 1.807) is 12.1 Å². The molecule has 6 nitrogen and oxygen atoms in total. The van der Waals surface area contributed by atoms with E-state index in [9.17, 15) is 23.3 Å². The molecule has 0 amide bonds. The number of benzene rings is 1. The third-order valence-electron chi connectivity index (χ3n) is 3.53. The molecule has 142 valence electrons. The monoisotopic (exact) mass is 406 g/mol. The number of nitro groups is 1. The van der Waals surface area contributed by atoms with Crippen LogP contribution in [0.25, 0.3) is 0 Å². The van der Waals surface area contributed by atoms with Crippen molar-refractivity contribution in [2.24, 2.45) is 4.99 Å². The van der Waals surface area contributed by atoms with Crippen LogP contribution in [0.2, 0.25) is 0 Å². The normalized spacial score (nSPS) is 17.3. The van der Waals surface area contributed by atoms with E-state index in [4.69, 9.17) is 0 Å². The molecule has 0 radical (unpaired) electrons. The second kappa shape index (κ2) is 9.40. The average Bonchev–Trinajstić information content (AvgIpc) is 2.59. The number of allylic oxidation sites excluding steroid dienone is 1. The minimum Gasteiger partial charge on any atom is -0.291 e. The fourth-order valence-electron chi connectivity index (χ4n) is 2.14. The third-order valence-corrected chi connectivity index (χ3v) is 5.54. The number of halogens is 3. The van der Waals surface area contributed by atoms with Crippen LogP contribution in [0.5, 0.6) is 0 Å². The lowest BCUT2D eigenvalue weighted by Crippen LogP contribution is -2.42. The van der Waals surface area contributed by atoms with Crippen molar-refractivity contribution in [2.75, 3.05) is 32.1 Å². The van der Waals surface area contributed by atoms with Crippen LogP contribution in [-0.4, -0.2) is 59.1 Å². The van der Waals surface area contributed by atoms with Crippen molar-refractivity contribution in [1.82, 2.24) is 9.21 Å². The minimum absolute atomic E-state index is 0.0523. The van der Waals surface area contributed by atoms with Crippen molar-refractivity contribution in [2.45, 2.75) is 11.1 Å². The summed E-state index contributed by atoms with van der Waals surface area (Å²) < 4.78 is 39.7. The second-order valence-electron chi connectivity index (χ2n) is 5.34. The van der Waals surface area contributed by atoms with Crippen LogP contribution in [0.15, 0.2) is 45.3 Å². The van der Waals surface area contributed by atoms with Gasteiger partial charge in [-0.3, -0.25) is 20.0 Å². The van der Waals surface area contributed by atoms with Gasteiger partial charge in [0.25, 0.3) is 5.69 Å². The van der Waals surface area contributed by atoms with Crippen molar-refractivity contribution in [1.29, 1.82) is 0 Å². The number of rotatable bonds is 7. The molecule has 0 N–H and O–H groups in total. The Bertz CT molecular complexity index is 660. The largest absolute Gasteiger partial charge is 0.433 e. The van der Waals surface area contributed by atoms with Crippen molar-refractivity contribution in [3.8, 4) is 0 Å². The van der Waals surface area contributed by atoms with Crippen LogP contribution < -0.4 is 0 Å². The van der Waals surface area contributed by atoms with Gasteiger partial charge in [0, 0.05) is 54.5 Å². The quantitative estimate of drug-likeness (QED) is 0.295. The zero-order valence-corrected chi connectivity index (χ0v) is 15.3. The van der Waals surface area contributed by atoms with Crippen molar-refractivity contribution >= 4 is 36.1 Å². The van der Waals surface area contributed by atoms with Gasteiger partial charge in [-0.2, -0.15) is 13.2 Å². The predicted molar refractivity (Wildman–Crippen MR) is 98.2 cm³/mol. The Balaban J connectivity index is 1.76. The summed E-state index contributed by atoms with van der Waals surface area (Å²) in [6.07, 6.45) is -4.48. The highest BCUT2D eigenvalue weighted by Gasteiger charge is 2.33. The lowest BCUT2D eigenvalue weighted by Gasteiger charge is -2.33. The first-order valence-corrected chi connectivity index (χ1v) is 9.37. The van der Waals surface area contributed by atoms with E-state index in [1.165, 1.54) is 24.1 Å². The van der Waals surface area contributed by atoms with Gasteiger partial charge in [0.1, 0.15) is 5.70 Å². The summed E-state index contributed by atoms with van der Waals surface area (Å²) in [6, 6.07) is 6.34. The van der Waals surface area contributed by atoms with Crippen molar-refractivity contribution in [3.63, 3.8) is 0 Å². The van der Waals surface area contributed by atoms with Gasteiger partial charge in [0.15, 0.2) is 0 Å². The fraction of sp³-hybridized carbons (Fsp3) is 0.400. The lowest BCUT2D eigenvalue weighted by molar-refractivity contribution is -0.384. The zero-order chi connectivity index (χ0) is 19.2. The number of hydrogen-bond donors (Lipinski definition) is 0. The lowest BCUT2D eigenvalue weighted by atomic mass is 10.3. The van der Waals surface area contributed by atoms with Gasteiger partial charge in [-0.1, -0.05) is 0 Å². The average molecular weight is 406 g/mol. The van der Waals surface area contributed by atoms with Crippen LogP contribution in [0.1, 0.15) is 0 Å². The molecule has 11 heteroatoms. The molecule has 1 aromatic rings. The number of nitro benzene ring substituents is 1. The van der Waals surface area contributed by atoms with Gasteiger partial charge in [-0.25, -0.2) is 4.31 Å². The third kappa shape index (κ3) is 6.31. The van der Waals surface area contributed by atoms with Gasteiger partial charge in [-0.05, 0) is 30.8 Å². The predicted octanol–water partition coefficient (Wildman–Crippen LogP) is 4.01. The SMILES string of the molecule is C=N/C(=C\SCN1CCN(Sc2ccc([N+](=O)[O-])cc2)CC1)C(F)(F)F. The maximum absolute atomic E-state index is 12.5. The topological polar surface area (TPSA) is 62.0 Å². The van der Waals surface area contributed by atoms with E-state index < -0.39 is 16.8 Å². The van der Waals surface area contributed by atoms with E-state index in [-0.39, 0.29) is 5.69 Å². The molecule has 1 aromatic carbocycles. The van der Waals surface area contributed by atoms with Crippen LogP contribution in [0.4, 0.5) is 18.9 Å². The molecule has 2 rings (SSSR count). The second-order valence-corrected chi connectivity index (χ2v) is 7.34. The van der Waals surface area contributed by atoms with E-state index >= 15 is 0 Å². The van der Waals surface area contributed by atoms with E-state index in [1.807, 2.05) is 0 Å². The Hall–Kier alpha value is -1.56. The number of piperazine rings is 1. The molecule has 1 heterocycles. The summed E-state index contributed by atoms with van der Waals surface area (Å²) in [7, 11) is 0. The molecule has 0 aliphatic carbocycles. The first kappa shape index (κ1) is 20.7. The molecule has 1 saturated heterocycles. The maximum Gasteiger partial charge on any atom is 0.433 e. The Morgan fingerprint density at radius 2 is 1.88 bits per heavy atom. The highest BCUT2D eigenvalue weighted by atomic mass is 32.2. The van der Waals surface area contributed by atoms with Crippen LogP contribution >= 0.6 is 23.7 Å². The van der Waals surface area contributed by atoms with E-state index in [2.05, 4.69) is 20.9 Å². The van der Waals surface area contributed by atoms with Crippen LogP contribution in [-0.2, 0) is 0 Å². The van der Waals surface area contributed by atoms with Gasteiger partial charge < -0.3 is 0 Å². The summed E-state index contributed by atoms with van der Waals surface area (Å²) in [4.78, 5) is 16.2. The van der Waals surface area contributed by atoms with E-state index in [0.29, 0.717) is 5.88 Å². The number of hydrogen-bond acceptors (Lipinski definition) is 7. The minimum atomic E-state index is -4.48. The first-order chi connectivity index (χ1) is 12.3. The highest BCUT2D eigenvalue weighted by molar-refractivity contribution is 8.02. The fourth-order valence-corrected chi connectivity index (χ4v) is 3.95. The van der Waals surface area contributed by atoms with Gasteiger partial charge in [0.05, 0.1) is 4.92 Å². The molecular weight excluding hydrogens is 389 g/mol. The summed E-state index contributed by atoms with van der Waals surface area (Å²) in [5, 5.41) is 11.6. The van der Waals surface area contributed by atoms with E-state index in [0.717, 1.165) is 48.2 Å². The molecule has 0 atom stereocenters. The highest BCUT2D eigenvalue weighted by Crippen LogP contribution is 2.29. The summed E-state index contributed by atoms with van der Waals surface area (Å²) in [5.74, 6) is 0.450. The molecule has 26 heavy (non-hydrogen) atoms. The maximum atomic E-state index is 12.5. The number of aliphatic imine (C=N–C) groups is 1. The number of thioether (sulfide) groups is 1. The summed E-state index contributed by atoms with van der Waals surface area (Å²) in [5.41, 5.74) is -0.925. The molecule has 1 aliphatic rings. The smallest absolute Gasteiger partial charge is 0.291 e. The molecule has 1 fully saturated rings. The van der Waals surface area contributed by atoms with Gasteiger partial charge in [-0.15, -0.1) is 11.8 Å². The summed E-state index contributed by atoms with van der Waals surface area (Å²) >= 11 is 2.57. The Kier molecular flexibility index (Phi) is 7.50. The molecule has 1 aliphatic heterocycles. The molecule has 0 saturated carbocycles. The molecule has 0 bridgehead atoms. The number of non-ortho nitro benzene ring substituents is 1. The first-order valence-electron chi connectivity index (χ1n) is 7.55. The van der Waals surface area contributed by atoms with Crippen LogP contribution in [0.3, 0.4) is 0 Å². The molecular formula is C15H17F3N4O2S2.